The summed E-state index contributed by atoms with van der Waals surface area (Å²) in [6.07, 6.45) is 4.01. The minimum absolute atomic E-state index is 0.0945. The molecular formula is C25H21ClN4O3. The van der Waals surface area contributed by atoms with Crippen molar-refractivity contribution in [2.24, 2.45) is 5.92 Å². The van der Waals surface area contributed by atoms with E-state index in [4.69, 9.17) is 16.3 Å². The molecule has 2 aromatic heterocycles. The van der Waals surface area contributed by atoms with Gasteiger partial charge in [-0.15, -0.1) is 0 Å². The smallest absolute Gasteiger partial charge is 0.229 e. The molecule has 166 valence electrons. The SMILES string of the molecule is COc1ccc(-c2cn3ccccc3n2)cc1NC(=O)C1CC(=O)N(c2ccc(Cl)cc2)C1. The van der Waals surface area contributed by atoms with Gasteiger partial charge >= 0.3 is 0 Å². The third-order valence-corrected chi connectivity index (χ3v) is 6.00. The molecule has 1 aliphatic heterocycles. The Kier molecular flexibility index (Phi) is 5.48. The molecule has 0 bridgehead atoms. The van der Waals surface area contributed by atoms with Crippen molar-refractivity contribution in [1.82, 2.24) is 9.38 Å². The van der Waals surface area contributed by atoms with E-state index in [-0.39, 0.29) is 18.2 Å². The molecule has 1 atom stereocenters. The zero-order valence-corrected chi connectivity index (χ0v) is 18.6. The Morgan fingerprint density at radius 1 is 1.15 bits per heavy atom. The fraction of sp³-hybridized carbons (Fsp3) is 0.160. The largest absolute Gasteiger partial charge is 0.495 e. The lowest BCUT2D eigenvalue weighted by atomic mass is 10.1. The number of methoxy groups -OCH3 is 1. The summed E-state index contributed by atoms with van der Waals surface area (Å²) in [6, 6.07) is 18.4. The minimum Gasteiger partial charge on any atom is -0.495 e. The fourth-order valence-electron chi connectivity index (χ4n) is 4.03. The first-order chi connectivity index (χ1) is 16.0. The van der Waals surface area contributed by atoms with Crippen LogP contribution in [0.2, 0.25) is 5.02 Å². The summed E-state index contributed by atoms with van der Waals surface area (Å²) in [7, 11) is 1.55. The molecule has 7 nitrogen and oxygen atoms in total. The number of halogens is 1. The zero-order chi connectivity index (χ0) is 22.9. The van der Waals surface area contributed by atoms with Gasteiger partial charge < -0.3 is 19.4 Å². The van der Waals surface area contributed by atoms with Crippen molar-refractivity contribution in [2.75, 3.05) is 23.9 Å². The van der Waals surface area contributed by atoms with E-state index in [1.165, 1.54) is 0 Å². The lowest BCUT2D eigenvalue weighted by Crippen LogP contribution is -2.28. The number of amides is 2. The molecule has 8 heteroatoms. The molecule has 1 fully saturated rings. The maximum Gasteiger partial charge on any atom is 0.229 e. The molecule has 1 N–H and O–H groups in total. The summed E-state index contributed by atoms with van der Waals surface area (Å²) in [5.74, 6) is -0.264. The number of hydrogen-bond donors (Lipinski definition) is 1. The Hall–Kier alpha value is -3.84. The van der Waals surface area contributed by atoms with Crippen molar-refractivity contribution in [3.63, 3.8) is 0 Å². The van der Waals surface area contributed by atoms with E-state index in [9.17, 15) is 9.59 Å². The molecule has 0 spiro atoms. The molecule has 0 radical (unpaired) electrons. The van der Waals surface area contributed by atoms with Gasteiger partial charge in [0.2, 0.25) is 11.8 Å². The van der Waals surface area contributed by atoms with E-state index in [2.05, 4.69) is 10.3 Å². The van der Waals surface area contributed by atoms with E-state index in [0.717, 1.165) is 22.6 Å². The molecular weight excluding hydrogens is 440 g/mol. The summed E-state index contributed by atoms with van der Waals surface area (Å²) in [4.78, 5) is 31.9. The number of anilines is 2. The summed E-state index contributed by atoms with van der Waals surface area (Å²) in [5.41, 5.74) is 3.73. The Labute approximate surface area is 195 Å². The van der Waals surface area contributed by atoms with Gasteiger partial charge in [0, 0.05) is 41.6 Å². The molecule has 2 amide bonds. The average molecular weight is 461 g/mol. The van der Waals surface area contributed by atoms with Gasteiger partial charge in [-0.25, -0.2) is 4.98 Å². The molecule has 1 saturated heterocycles. The maximum absolute atomic E-state index is 13.1. The van der Waals surface area contributed by atoms with Gasteiger partial charge in [-0.3, -0.25) is 9.59 Å². The van der Waals surface area contributed by atoms with Crippen molar-refractivity contribution < 1.29 is 14.3 Å². The summed E-state index contributed by atoms with van der Waals surface area (Å²) in [6.45, 7) is 0.306. The molecule has 1 unspecified atom stereocenters. The number of hydrogen-bond acceptors (Lipinski definition) is 4. The lowest BCUT2D eigenvalue weighted by Gasteiger charge is -2.17. The number of ether oxygens (including phenoxy) is 1. The molecule has 33 heavy (non-hydrogen) atoms. The van der Waals surface area contributed by atoms with Crippen LogP contribution in [0.25, 0.3) is 16.9 Å². The van der Waals surface area contributed by atoms with E-state index >= 15 is 0 Å². The molecule has 3 heterocycles. The highest BCUT2D eigenvalue weighted by Crippen LogP contribution is 2.32. The van der Waals surface area contributed by atoms with Crippen molar-refractivity contribution in [2.45, 2.75) is 6.42 Å². The van der Waals surface area contributed by atoms with Gasteiger partial charge in [-0.05, 0) is 54.6 Å². The van der Waals surface area contributed by atoms with Crippen molar-refractivity contribution in [1.29, 1.82) is 0 Å². The standard InChI is InChI=1S/C25H21ClN4O3/c1-33-22-10-5-16(21-15-29-11-3-2-4-23(29)27-21)12-20(22)28-25(32)17-13-24(31)30(14-17)19-8-6-18(26)7-9-19/h2-12,15,17H,13-14H2,1H3,(H,28,32). The zero-order valence-electron chi connectivity index (χ0n) is 17.9. The van der Waals surface area contributed by atoms with Crippen LogP contribution < -0.4 is 15.0 Å². The third kappa shape index (κ3) is 4.15. The Morgan fingerprint density at radius 2 is 1.97 bits per heavy atom. The van der Waals surface area contributed by atoms with Gasteiger partial charge in [-0.1, -0.05) is 17.7 Å². The number of aromatic nitrogens is 2. The molecule has 4 aromatic rings. The number of rotatable bonds is 5. The van der Waals surface area contributed by atoms with Crippen molar-refractivity contribution >= 4 is 40.4 Å². The number of nitrogens with one attached hydrogen (secondary N) is 1. The quantitative estimate of drug-likeness (QED) is 0.470. The highest BCUT2D eigenvalue weighted by atomic mass is 35.5. The van der Waals surface area contributed by atoms with Gasteiger partial charge in [0.1, 0.15) is 11.4 Å². The minimum atomic E-state index is -0.475. The van der Waals surface area contributed by atoms with E-state index in [1.807, 2.05) is 47.1 Å². The number of pyridine rings is 1. The van der Waals surface area contributed by atoms with Crippen LogP contribution in [0.1, 0.15) is 6.42 Å². The van der Waals surface area contributed by atoms with E-state index < -0.39 is 5.92 Å². The van der Waals surface area contributed by atoms with Crippen LogP contribution in [-0.2, 0) is 9.59 Å². The first-order valence-electron chi connectivity index (χ1n) is 10.5. The van der Waals surface area contributed by atoms with Crippen LogP contribution in [0.4, 0.5) is 11.4 Å². The van der Waals surface area contributed by atoms with Crippen LogP contribution in [0.15, 0.2) is 73.1 Å². The summed E-state index contributed by atoms with van der Waals surface area (Å²) in [5, 5.41) is 3.55. The molecule has 0 saturated carbocycles. The van der Waals surface area contributed by atoms with Crippen LogP contribution in [0.5, 0.6) is 5.75 Å². The molecule has 2 aromatic carbocycles. The van der Waals surface area contributed by atoms with Crippen LogP contribution in [-0.4, -0.2) is 34.9 Å². The predicted octanol–water partition coefficient (Wildman–Crippen LogP) is 4.65. The predicted molar refractivity (Wildman–Crippen MR) is 128 cm³/mol. The van der Waals surface area contributed by atoms with Crippen LogP contribution in [0, 0.1) is 5.92 Å². The molecule has 1 aliphatic rings. The number of imidazole rings is 1. The Bertz CT molecular complexity index is 1320. The number of carbonyl (C=O) groups is 2. The fourth-order valence-corrected chi connectivity index (χ4v) is 4.15. The monoisotopic (exact) mass is 460 g/mol. The normalized spacial score (nSPS) is 15.8. The van der Waals surface area contributed by atoms with Gasteiger partial charge in [0.25, 0.3) is 0 Å². The summed E-state index contributed by atoms with van der Waals surface area (Å²) < 4.78 is 7.39. The first-order valence-corrected chi connectivity index (χ1v) is 10.9. The topological polar surface area (TPSA) is 75.9 Å². The number of fused-ring (bicyclic) bond motifs is 1. The number of benzene rings is 2. The lowest BCUT2D eigenvalue weighted by molar-refractivity contribution is -0.122. The highest BCUT2D eigenvalue weighted by molar-refractivity contribution is 6.30. The molecule has 0 aliphatic carbocycles. The number of nitrogens with zero attached hydrogens (tertiary/aromatic N) is 3. The number of carbonyl (C=O) groups excluding carboxylic acids is 2. The highest BCUT2D eigenvalue weighted by Gasteiger charge is 2.35. The Balaban J connectivity index is 1.37. The van der Waals surface area contributed by atoms with Crippen molar-refractivity contribution in [3.8, 4) is 17.0 Å². The third-order valence-electron chi connectivity index (χ3n) is 5.75. The second-order valence-electron chi connectivity index (χ2n) is 7.88. The molecule has 5 rings (SSSR count). The average Bonchev–Trinajstić information content (AvgIpc) is 3.43. The first kappa shape index (κ1) is 21.0. The Morgan fingerprint density at radius 3 is 2.73 bits per heavy atom. The maximum atomic E-state index is 13.1. The van der Waals surface area contributed by atoms with Crippen LogP contribution in [0.3, 0.4) is 0 Å². The van der Waals surface area contributed by atoms with Gasteiger partial charge in [0.05, 0.1) is 24.4 Å². The van der Waals surface area contributed by atoms with Gasteiger partial charge in [-0.2, -0.15) is 0 Å². The summed E-state index contributed by atoms with van der Waals surface area (Å²) >= 11 is 5.95. The van der Waals surface area contributed by atoms with E-state index in [1.54, 1.807) is 42.3 Å². The van der Waals surface area contributed by atoms with Crippen molar-refractivity contribution in [3.05, 3.63) is 78.1 Å². The van der Waals surface area contributed by atoms with E-state index in [0.29, 0.717) is 23.0 Å². The van der Waals surface area contributed by atoms with Crippen LogP contribution >= 0.6 is 11.6 Å². The second kappa shape index (κ2) is 8.60. The second-order valence-corrected chi connectivity index (χ2v) is 8.31. The van der Waals surface area contributed by atoms with Gasteiger partial charge in [0.15, 0.2) is 0 Å².